The van der Waals surface area contributed by atoms with Crippen LogP contribution in [0.4, 0.5) is 11.4 Å². The van der Waals surface area contributed by atoms with Crippen LogP contribution in [0.25, 0.3) is 0 Å². The molecule has 0 heterocycles. The van der Waals surface area contributed by atoms with Crippen molar-refractivity contribution in [3.05, 3.63) is 44.5 Å². The van der Waals surface area contributed by atoms with Gasteiger partial charge in [0.05, 0.1) is 9.85 Å². The summed E-state index contributed by atoms with van der Waals surface area (Å²) in [5, 5.41) is 20.2. The van der Waals surface area contributed by atoms with E-state index >= 15 is 0 Å². The largest absolute Gasteiger partial charge is 0.388 e. The molecule has 0 aromatic heterocycles. The minimum atomic E-state index is -0.607. The van der Waals surface area contributed by atoms with Crippen LogP contribution >= 0.6 is 0 Å². The van der Waals surface area contributed by atoms with Crippen molar-refractivity contribution in [1.29, 1.82) is 0 Å². The molecule has 0 fully saturated rings. The van der Waals surface area contributed by atoms with E-state index in [1.54, 1.807) is 14.2 Å². The quantitative estimate of drug-likeness (QED) is 0.552. The normalized spacial score (nSPS) is 8.67. The molecule has 0 aliphatic carbocycles. The molecule has 0 unspecified atom stereocenters. The van der Waals surface area contributed by atoms with Crippen LogP contribution in [0.15, 0.2) is 24.3 Å². The zero-order valence-electron chi connectivity index (χ0n) is 8.25. The monoisotopic (exact) mass is 214 g/mol. The Balaban J connectivity index is 0.000000583. The standard InChI is InChI=1S/C6H4N2O4.C2H6O/c9-7(10)5-1-2-6(4-3-5)8(11)12;1-3-2/h1-4H;1-2H3. The van der Waals surface area contributed by atoms with E-state index < -0.39 is 9.85 Å². The molecule has 0 N–H and O–H groups in total. The highest BCUT2D eigenvalue weighted by molar-refractivity contribution is 5.39. The van der Waals surface area contributed by atoms with Gasteiger partial charge in [-0.3, -0.25) is 20.2 Å². The zero-order valence-corrected chi connectivity index (χ0v) is 8.25. The molecule has 0 amide bonds. The third-order valence-corrected chi connectivity index (χ3v) is 1.27. The average molecular weight is 214 g/mol. The first-order chi connectivity index (χ1) is 7.02. The molecule has 0 aliphatic heterocycles. The number of nitro benzene ring substituents is 2. The predicted molar refractivity (Wildman–Crippen MR) is 52.7 cm³/mol. The van der Waals surface area contributed by atoms with E-state index in [9.17, 15) is 20.2 Å². The van der Waals surface area contributed by atoms with E-state index in [0.717, 1.165) is 24.3 Å². The van der Waals surface area contributed by atoms with Gasteiger partial charge in [0.2, 0.25) is 0 Å². The fraction of sp³-hybridized carbons (Fsp3) is 0.250. The molecular formula is C8H10N2O5. The molecule has 1 aromatic carbocycles. The van der Waals surface area contributed by atoms with Gasteiger partial charge >= 0.3 is 0 Å². The molecule has 7 heteroatoms. The smallest absolute Gasteiger partial charge is 0.269 e. The number of nitrogens with zero attached hydrogens (tertiary/aromatic N) is 2. The summed E-state index contributed by atoms with van der Waals surface area (Å²) in [7, 11) is 3.25. The number of ether oxygens (including phenoxy) is 1. The summed E-state index contributed by atoms with van der Waals surface area (Å²) in [6, 6.07) is 4.38. The summed E-state index contributed by atoms with van der Waals surface area (Å²) in [4.78, 5) is 19.0. The number of nitro groups is 2. The van der Waals surface area contributed by atoms with E-state index in [2.05, 4.69) is 4.74 Å². The Kier molecular flexibility index (Phi) is 5.57. The topological polar surface area (TPSA) is 95.5 Å². The zero-order chi connectivity index (χ0) is 11.8. The van der Waals surface area contributed by atoms with E-state index in [1.165, 1.54) is 0 Å². The fourth-order valence-corrected chi connectivity index (χ4v) is 0.696. The average Bonchev–Trinajstić information content (AvgIpc) is 2.19. The van der Waals surface area contributed by atoms with Crippen LogP contribution in [0.1, 0.15) is 0 Å². The van der Waals surface area contributed by atoms with Crippen molar-refractivity contribution in [3.63, 3.8) is 0 Å². The number of benzene rings is 1. The van der Waals surface area contributed by atoms with Crippen LogP contribution in [0.3, 0.4) is 0 Å². The summed E-state index contributed by atoms with van der Waals surface area (Å²) >= 11 is 0. The number of hydrogen-bond acceptors (Lipinski definition) is 5. The minimum absolute atomic E-state index is 0.152. The van der Waals surface area contributed by atoms with Crippen LogP contribution in [0, 0.1) is 20.2 Å². The lowest BCUT2D eigenvalue weighted by molar-refractivity contribution is -0.389. The molecule has 15 heavy (non-hydrogen) atoms. The number of hydrogen-bond donors (Lipinski definition) is 0. The second kappa shape index (κ2) is 6.44. The van der Waals surface area contributed by atoms with Gasteiger partial charge in [0.15, 0.2) is 0 Å². The van der Waals surface area contributed by atoms with Crippen molar-refractivity contribution in [2.75, 3.05) is 14.2 Å². The molecule has 0 saturated carbocycles. The van der Waals surface area contributed by atoms with Crippen molar-refractivity contribution in [3.8, 4) is 0 Å². The molecule has 82 valence electrons. The van der Waals surface area contributed by atoms with Crippen molar-refractivity contribution in [1.82, 2.24) is 0 Å². The predicted octanol–water partition coefficient (Wildman–Crippen LogP) is 1.77. The van der Waals surface area contributed by atoms with Crippen LogP contribution in [-0.4, -0.2) is 24.1 Å². The summed E-state index contributed by atoms with van der Waals surface area (Å²) in [6.07, 6.45) is 0. The van der Waals surface area contributed by atoms with Crippen molar-refractivity contribution in [2.45, 2.75) is 0 Å². The van der Waals surface area contributed by atoms with Gasteiger partial charge in [-0.25, -0.2) is 0 Å². The van der Waals surface area contributed by atoms with Gasteiger partial charge in [-0.1, -0.05) is 0 Å². The highest BCUT2D eigenvalue weighted by Crippen LogP contribution is 2.16. The molecule has 0 saturated heterocycles. The van der Waals surface area contributed by atoms with Gasteiger partial charge in [-0.05, 0) is 0 Å². The lowest BCUT2D eigenvalue weighted by atomic mass is 10.3. The third-order valence-electron chi connectivity index (χ3n) is 1.27. The van der Waals surface area contributed by atoms with Crippen LogP contribution in [0.2, 0.25) is 0 Å². The van der Waals surface area contributed by atoms with Gasteiger partial charge in [-0.2, -0.15) is 0 Å². The Labute approximate surface area is 85.6 Å². The minimum Gasteiger partial charge on any atom is -0.388 e. The summed E-state index contributed by atoms with van der Waals surface area (Å²) < 4.78 is 4.25. The lowest BCUT2D eigenvalue weighted by Crippen LogP contribution is -1.90. The molecule has 7 nitrogen and oxygen atoms in total. The summed E-state index contributed by atoms with van der Waals surface area (Å²) in [6.45, 7) is 0. The maximum atomic E-state index is 10.1. The number of non-ortho nitro benzene ring substituents is 2. The Bertz CT molecular complexity index is 302. The molecule has 1 rings (SSSR count). The van der Waals surface area contributed by atoms with Gasteiger partial charge in [0, 0.05) is 38.5 Å². The first-order valence-corrected chi connectivity index (χ1v) is 3.82. The Hall–Kier alpha value is -2.02. The van der Waals surface area contributed by atoms with Crippen molar-refractivity contribution in [2.24, 2.45) is 0 Å². The first kappa shape index (κ1) is 13.0. The SMILES string of the molecule is COC.O=[N+]([O-])c1ccc([N+](=O)[O-])cc1. The fourth-order valence-electron chi connectivity index (χ4n) is 0.696. The number of rotatable bonds is 2. The first-order valence-electron chi connectivity index (χ1n) is 3.82. The van der Waals surface area contributed by atoms with Crippen molar-refractivity contribution < 1.29 is 14.6 Å². The highest BCUT2D eigenvalue weighted by Gasteiger charge is 2.08. The molecule has 1 aromatic rings. The Morgan fingerprint density at radius 3 is 1.27 bits per heavy atom. The second-order valence-electron chi connectivity index (χ2n) is 2.44. The maximum Gasteiger partial charge on any atom is 0.269 e. The van der Waals surface area contributed by atoms with Gasteiger partial charge in [0.1, 0.15) is 0 Å². The van der Waals surface area contributed by atoms with Gasteiger partial charge < -0.3 is 4.74 Å². The van der Waals surface area contributed by atoms with Gasteiger partial charge in [-0.15, -0.1) is 0 Å². The molecule has 0 bridgehead atoms. The van der Waals surface area contributed by atoms with E-state index in [1.807, 2.05) is 0 Å². The maximum absolute atomic E-state index is 10.1. The van der Waals surface area contributed by atoms with Crippen LogP contribution in [-0.2, 0) is 4.74 Å². The third kappa shape index (κ3) is 4.67. The Morgan fingerprint density at radius 1 is 0.933 bits per heavy atom. The second-order valence-corrected chi connectivity index (χ2v) is 2.44. The summed E-state index contributed by atoms with van der Waals surface area (Å²) in [5.41, 5.74) is -0.304. The molecule has 0 aliphatic rings. The highest BCUT2D eigenvalue weighted by atomic mass is 16.6. The van der Waals surface area contributed by atoms with E-state index in [-0.39, 0.29) is 11.4 Å². The molecule has 0 spiro atoms. The van der Waals surface area contributed by atoms with E-state index in [4.69, 9.17) is 0 Å². The molecular weight excluding hydrogens is 204 g/mol. The number of methoxy groups -OCH3 is 1. The van der Waals surface area contributed by atoms with E-state index in [0.29, 0.717) is 0 Å². The summed E-state index contributed by atoms with van der Waals surface area (Å²) in [5.74, 6) is 0. The van der Waals surface area contributed by atoms with Crippen LogP contribution in [0.5, 0.6) is 0 Å². The van der Waals surface area contributed by atoms with Gasteiger partial charge in [0.25, 0.3) is 11.4 Å². The lowest BCUT2D eigenvalue weighted by Gasteiger charge is -1.90. The Morgan fingerprint density at radius 2 is 1.13 bits per heavy atom. The molecule has 0 atom stereocenters. The van der Waals surface area contributed by atoms with Crippen LogP contribution < -0.4 is 0 Å². The van der Waals surface area contributed by atoms with Crippen molar-refractivity contribution >= 4 is 11.4 Å². The molecule has 0 radical (unpaired) electrons.